The number of hydrogen-bond donors (Lipinski definition) is 0. The van der Waals surface area contributed by atoms with E-state index in [9.17, 15) is 8.22 Å². The minimum Gasteiger partial charge on any atom is -0.310 e. The smallest absolute Gasteiger partial charge is 0.252 e. The second kappa shape index (κ2) is 25.1. The van der Waals surface area contributed by atoms with Crippen molar-refractivity contribution in [2.45, 2.75) is 105 Å². The van der Waals surface area contributed by atoms with Gasteiger partial charge in [-0.05, 0) is 155 Å². The van der Waals surface area contributed by atoms with Gasteiger partial charge in [-0.25, -0.2) is 15.0 Å². The number of fused-ring (bicyclic) bond motifs is 7. The zero-order chi connectivity index (χ0) is 84.6. The summed E-state index contributed by atoms with van der Waals surface area (Å²) in [6, 6.07) is 62.6. The predicted molar refractivity (Wildman–Crippen MR) is 441 cm³/mol. The van der Waals surface area contributed by atoms with Crippen molar-refractivity contribution in [3.8, 4) is 84.4 Å². The highest BCUT2D eigenvalue weighted by Gasteiger charge is 2.47. The molecule has 6 nitrogen and oxygen atoms in total. The summed E-state index contributed by atoms with van der Waals surface area (Å²) in [5.74, 6) is -0.980. The Hall–Kier alpha value is -11.7. The molecule has 0 atom stereocenters. The third kappa shape index (κ3) is 11.5. The van der Waals surface area contributed by atoms with Crippen LogP contribution in [0.5, 0.6) is 0 Å². The Labute approximate surface area is 634 Å². The average Bonchev–Trinajstić information content (AvgIpc) is 0.721. The lowest BCUT2D eigenvalue weighted by molar-refractivity contribution is 0.590. The molecule has 17 rings (SSSR count). The molecule has 0 bridgehead atoms. The van der Waals surface area contributed by atoms with Gasteiger partial charge in [0.25, 0.3) is 6.71 Å². The van der Waals surface area contributed by atoms with Gasteiger partial charge in [-0.15, -0.1) is 0 Å². The van der Waals surface area contributed by atoms with E-state index >= 15 is 0 Å². The van der Waals surface area contributed by atoms with Crippen LogP contribution in [-0.4, -0.2) is 26.2 Å². The molecule has 0 saturated heterocycles. The Morgan fingerprint density at radius 2 is 0.702 bits per heavy atom. The van der Waals surface area contributed by atoms with Crippen molar-refractivity contribution < 1.29 is 20.6 Å². The van der Waals surface area contributed by atoms with Crippen LogP contribution in [-0.2, 0) is 21.7 Å². The molecule has 0 aliphatic carbocycles. The van der Waals surface area contributed by atoms with Crippen molar-refractivity contribution in [1.82, 2.24) is 19.5 Å². The van der Waals surface area contributed by atoms with Gasteiger partial charge >= 0.3 is 0 Å². The molecule has 0 amide bonds. The normalized spacial score (nSPS) is 15.0. The van der Waals surface area contributed by atoms with Crippen LogP contribution in [0.2, 0.25) is 0 Å². The van der Waals surface area contributed by atoms with E-state index in [-0.39, 0.29) is 34.3 Å². The maximum Gasteiger partial charge on any atom is 0.252 e. The van der Waals surface area contributed by atoms with Crippen molar-refractivity contribution in [3.05, 3.63) is 319 Å². The van der Waals surface area contributed by atoms with Crippen LogP contribution in [0, 0.1) is 0 Å². The van der Waals surface area contributed by atoms with E-state index in [1.807, 2.05) is 91.0 Å². The van der Waals surface area contributed by atoms with Crippen LogP contribution < -0.4 is 26.2 Å². The highest BCUT2D eigenvalue weighted by Crippen LogP contribution is 2.55. The Bertz CT molecular complexity index is 6500. The fourth-order valence-corrected chi connectivity index (χ4v) is 15.1. The molecule has 15 aromatic rings. The standard InChI is InChI=1S/C97H85BN6/c1-94(2,3)69-47-52-82-77(55-69)78-56-70(95(4,5)6)48-53-83(78)102(82)73-49-51-81-85(61-73)104(90-76(65-38-25-16-26-39-65)57-71(96(7,8)9)58-79(90)93-100-91(66-40-27-17-28-41-66)99-92(101-93)67-42-29-18-30-43-67)87-60-72(97(10,11)12)59-86-88(87)98(81)80-50-46-68(62-32-19-13-20-33-62)54-84(80)103(86)89-74(63-34-21-14-22-35-63)44-31-45-75(89)64-36-23-15-24-37-64/h13-61H,1-12H3/i13D,17D,18D,19D,20D,27D,28D,29D,30D,32D,33D,40D,41D,42D,43D. The molecule has 2 aliphatic rings. The molecule has 13 aromatic carbocycles. The largest absolute Gasteiger partial charge is 0.310 e. The number of anilines is 6. The molecule has 2 aromatic heterocycles. The van der Waals surface area contributed by atoms with Gasteiger partial charge in [0.1, 0.15) is 0 Å². The van der Waals surface area contributed by atoms with Gasteiger partial charge in [0, 0.05) is 72.6 Å². The van der Waals surface area contributed by atoms with Crippen LogP contribution in [0.25, 0.3) is 106 Å². The van der Waals surface area contributed by atoms with Crippen molar-refractivity contribution in [1.29, 1.82) is 0 Å². The van der Waals surface area contributed by atoms with E-state index in [1.165, 1.54) is 0 Å². The van der Waals surface area contributed by atoms with Gasteiger partial charge in [-0.2, -0.15) is 0 Å². The summed E-state index contributed by atoms with van der Waals surface area (Å²) < 4.78 is 141. The third-order valence-corrected chi connectivity index (χ3v) is 20.5. The zero-order valence-electron chi connectivity index (χ0n) is 75.4. The number of para-hydroxylation sites is 1. The van der Waals surface area contributed by atoms with Gasteiger partial charge in [0.2, 0.25) is 0 Å². The second-order valence-corrected chi connectivity index (χ2v) is 31.4. The molecular weight excluding hydrogens is 1260 g/mol. The molecule has 0 saturated carbocycles. The van der Waals surface area contributed by atoms with Crippen LogP contribution in [0.3, 0.4) is 0 Å². The molecule has 4 heterocycles. The Morgan fingerprint density at radius 1 is 0.298 bits per heavy atom. The number of rotatable bonds is 10. The number of aromatic nitrogens is 4. The first-order chi connectivity index (χ1) is 56.3. The van der Waals surface area contributed by atoms with Crippen molar-refractivity contribution in [2.75, 3.05) is 9.80 Å². The molecule has 0 N–H and O–H groups in total. The molecule has 7 heteroatoms. The van der Waals surface area contributed by atoms with Gasteiger partial charge < -0.3 is 14.4 Å². The summed E-state index contributed by atoms with van der Waals surface area (Å²) in [6.07, 6.45) is 0. The van der Waals surface area contributed by atoms with E-state index in [0.29, 0.717) is 39.4 Å². The van der Waals surface area contributed by atoms with Gasteiger partial charge in [0.15, 0.2) is 17.5 Å². The van der Waals surface area contributed by atoms with E-state index in [4.69, 9.17) is 27.3 Å². The summed E-state index contributed by atoms with van der Waals surface area (Å²) >= 11 is 0. The Kier molecular flexibility index (Phi) is 12.2. The van der Waals surface area contributed by atoms with Crippen LogP contribution in [0.4, 0.5) is 34.1 Å². The van der Waals surface area contributed by atoms with E-state index in [0.717, 1.165) is 105 Å². The zero-order valence-corrected chi connectivity index (χ0v) is 60.4. The molecule has 0 fully saturated rings. The van der Waals surface area contributed by atoms with E-state index in [2.05, 4.69) is 213 Å². The minimum absolute atomic E-state index is 0.0334. The van der Waals surface area contributed by atoms with Crippen LogP contribution >= 0.6 is 0 Å². The minimum atomic E-state index is -0.679. The molecule has 2 aliphatic heterocycles. The third-order valence-electron chi connectivity index (χ3n) is 20.5. The lowest BCUT2D eigenvalue weighted by Gasteiger charge is -2.46. The fourth-order valence-electron chi connectivity index (χ4n) is 15.1. The number of hydrogen-bond acceptors (Lipinski definition) is 5. The van der Waals surface area contributed by atoms with Crippen LogP contribution in [0.15, 0.2) is 297 Å². The topological polar surface area (TPSA) is 50.1 Å². The summed E-state index contributed by atoms with van der Waals surface area (Å²) in [5, 5.41) is 2.12. The van der Waals surface area contributed by atoms with Crippen molar-refractivity contribution >= 4 is 79.0 Å². The second-order valence-electron chi connectivity index (χ2n) is 31.4. The van der Waals surface area contributed by atoms with Crippen LogP contribution in [0.1, 0.15) is 126 Å². The van der Waals surface area contributed by atoms with Crippen molar-refractivity contribution in [2.24, 2.45) is 0 Å². The number of benzene rings is 13. The Balaban J connectivity index is 1.10. The van der Waals surface area contributed by atoms with Gasteiger partial charge in [-0.3, -0.25) is 0 Å². The molecule has 104 heavy (non-hydrogen) atoms. The van der Waals surface area contributed by atoms with E-state index < -0.39 is 119 Å². The maximum atomic E-state index is 9.62. The lowest BCUT2D eigenvalue weighted by atomic mass is 9.33. The number of nitrogens with zero attached hydrogens (tertiary/aromatic N) is 6. The van der Waals surface area contributed by atoms with Gasteiger partial charge in [0.05, 0.1) is 43.0 Å². The quantitative estimate of drug-likeness (QED) is 0.128. The summed E-state index contributed by atoms with van der Waals surface area (Å²) in [4.78, 5) is 20.2. The average molecular weight is 1360 g/mol. The van der Waals surface area contributed by atoms with Crippen molar-refractivity contribution in [3.63, 3.8) is 0 Å². The first kappa shape index (κ1) is 50.6. The summed E-state index contributed by atoms with van der Waals surface area (Å²) in [7, 11) is 0. The highest BCUT2D eigenvalue weighted by atomic mass is 15.2. The summed E-state index contributed by atoms with van der Waals surface area (Å²) in [5.41, 5.74) is 16.3. The molecule has 0 radical (unpaired) electrons. The molecular formula is C97H85BN6. The molecule has 0 spiro atoms. The summed E-state index contributed by atoms with van der Waals surface area (Å²) in [6.45, 7) is 25.4. The highest BCUT2D eigenvalue weighted by molar-refractivity contribution is 7.00. The first-order valence-corrected chi connectivity index (χ1v) is 35.5. The fraction of sp³-hybridized carbons (Fsp3) is 0.165. The first-order valence-electron chi connectivity index (χ1n) is 43.0. The predicted octanol–water partition coefficient (Wildman–Crippen LogP) is 23.9. The molecule has 0 unspecified atom stereocenters. The SMILES string of the molecule is [2H]c1c([2H])c([2H])c(-c2ccc3c(c2)N(c2c(-c4ccccc4)cccc2-c2ccccc2)c2cc(C(C)(C)C)cc4c2B3c2ccc(-n3c5ccc(C(C)(C)C)cc5c5cc(C(C)(C)C)ccc53)cc2N4c2c(-c3ccccc3)cc(C(C)(C)C)cc2-c2nc(-c3c([2H])c([2H])c([2H])c([2H])c3[2H])nc(-c3c([2H])c([2H])c([2H])c([2H])c3[2H])n2)c([2H])c1[2H]. The van der Waals surface area contributed by atoms with E-state index in [1.54, 1.807) is 0 Å². The maximum absolute atomic E-state index is 9.62. The monoisotopic (exact) mass is 1360 g/mol. The Morgan fingerprint density at radius 3 is 1.17 bits per heavy atom. The molecule has 506 valence electrons. The lowest BCUT2D eigenvalue weighted by Crippen LogP contribution is -2.61. The van der Waals surface area contributed by atoms with Gasteiger partial charge in [-0.1, -0.05) is 313 Å².